The smallest absolute Gasteiger partial charge is 0.238 e. The average Bonchev–Trinajstić information content (AvgIpc) is 2.91. The zero-order chi connectivity index (χ0) is 17.8. The van der Waals surface area contributed by atoms with E-state index in [2.05, 4.69) is 6.92 Å². The number of methoxy groups -OCH3 is 1. The number of nitrogens with zero attached hydrogens (tertiary/aromatic N) is 1. The van der Waals surface area contributed by atoms with Gasteiger partial charge in [0, 0.05) is 5.69 Å². The molecule has 0 bridgehead atoms. The Morgan fingerprint density at radius 3 is 2.28 bits per heavy atom. The second-order valence-electron chi connectivity index (χ2n) is 6.32. The van der Waals surface area contributed by atoms with E-state index in [1.54, 1.807) is 12.0 Å². The third-order valence-corrected chi connectivity index (χ3v) is 4.72. The molecule has 1 heterocycles. The Kier molecular flexibility index (Phi) is 5.17. The van der Waals surface area contributed by atoms with Crippen molar-refractivity contribution >= 4 is 17.4 Å². The molecule has 1 amide bonds. The SMILES string of the molecule is CCCCC1C(=O)C(c2ccc(OC)cc2)N(c2ccccc2)C1=O. The number of hydrogen-bond acceptors (Lipinski definition) is 3. The van der Waals surface area contributed by atoms with Crippen LogP contribution in [-0.4, -0.2) is 18.8 Å². The van der Waals surface area contributed by atoms with Gasteiger partial charge in [0.2, 0.25) is 5.91 Å². The van der Waals surface area contributed by atoms with E-state index in [4.69, 9.17) is 4.74 Å². The summed E-state index contributed by atoms with van der Waals surface area (Å²) in [5, 5.41) is 0. The third-order valence-electron chi connectivity index (χ3n) is 4.72. The molecular weight excluding hydrogens is 314 g/mol. The Balaban J connectivity index is 2.01. The van der Waals surface area contributed by atoms with Crippen molar-refractivity contribution in [2.24, 2.45) is 5.92 Å². The maximum atomic E-state index is 13.1. The summed E-state index contributed by atoms with van der Waals surface area (Å²) in [4.78, 5) is 27.7. The highest BCUT2D eigenvalue weighted by molar-refractivity contribution is 6.19. The molecule has 0 saturated carbocycles. The van der Waals surface area contributed by atoms with E-state index in [0.717, 1.165) is 29.8 Å². The number of Topliss-reactive ketones (excluding diaryl/α,β-unsaturated/α-hetero) is 1. The van der Waals surface area contributed by atoms with Crippen LogP contribution in [0.5, 0.6) is 5.75 Å². The summed E-state index contributed by atoms with van der Waals surface area (Å²) in [5.74, 6) is 0.0829. The van der Waals surface area contributed by atoms with Gasteiger partial charge in [-0.15, -0.1) is 0 Å². The van der Waals surface area contributed by atoms with Crippen molar-refractivity contribution in [2.75, 3.05) is 12.0 Å². The lowest BCUT2D eigenvalue weighted by atomic mass is 9.94. The van der Waals surface area contributed by atoms with Crippen LogP contribution in [0.2, 0.25) is 0 Å². The summed E-state index contributed by atoms with van der Waals surface area (Å²) >= 11 is 0. The van der Waals surface area contributed by atoms with E-state index in [1.165, 1.54) is 0 Å². The van der Waals surface area contributed by atoms with Gasteiger partial charge in [0.25, 0.3) is 0 Å². The van der Waals surface area contributed by atoms with E-state index in [0.29, 0.717) is 6.42 Å². The maximum Gasteiger partial charge on any atom is 0.238 e. The molecule has 130 valence electrons. The summed E-state index contributed by atoms with van der Waals surface area (Å²) in [6.45, 7) is 2.07. The molecule has 4 heteroatoms. The standard InChI is InChI=1S/C21H23NO3/c1-3-4-10-18-20(23)19(15-11-13-17(25-2)14-12-15)22(21(18)24)16-8-6-5-7-9-16/h5-9,11-14,18-19H,3-4,10H2,1-2H3. The van der Waals surface area contributed by atoms with Gasteiger partial charge in [0.15, 0.2) is 5.78 Å². The van der Waals surface area contributed by atoms with Crippen molar-refractivity contribution in [1.29, 1.82) is 0 Å². The Hall–Kier alpha value is -2.62. The fraction of sp³-hybridized carbons (Fsp3) is 0.333. The number of carbonyl (C=O) groups is 2. The predicted octanol–water partition coefficient (Wildman–Crippen LogP) is 4.16. The Morgan fingerprint density at radius 1 is 1.00 bits per heavy atom. The minimum atomic E-state index is -0.567. The number of ether oxygens (including phenoxy) is 1. The van der Waals surface area contributed by atoms with E-state index in [-0.39, 0.29) is 11.7 Å². The summed E-state index contributed by atoms with van der Waals surface area (Å²) in [6, 6.07) is 16.3. The number of unbranched alkanes of at least 4 members (excludes halogenated alkanes) is 1. The lowest BCUT2D eigenvalue weighted by Gasteiger charge is -2.24. The molecule has 0 spiro atoms. The highest BCUT2D eigenvalue weighted by Crippen LogP contribution is 2.39. The van der Waals surface area contributed by atoms with Crippen LogP contribution in [0.1, 0.15) is 37.8 Å². The minimum absolute atomic E-state index is 0.00697. The topological polar surface area (TPSA) is 46.6 Å². The van der Waals surface area contributed by atoms with Gasteiger partial charge in [0.05, 0.1) is 13.0 Å². The predicted molar refractivity (Wildman–Crippen MR) is 97.7 cm³/mol. The summed E-state index contributed by atoms with van der Waals surface area (Å²) in [7, 11) is 1.61. The number of hydrogen-bond donors (Lipinski definition) is 0. The zero-order valence-electron chi connectivity index (χ0n) is 14.6. The first-order valence-electron chi connectivity index (χ1n) is 8.73. The zero-order valence-corrected chi connectivity index (χ0v) is 14.6. The second-order valence-corrected chi connectivity index (χ2v) is 6.32. The maximum absolute atomic E-state index is 13.1. The van der Waals surface area contributed by atoms with Gasteiger partial charge in [-0.2, -0.15) is 0 Å². The fourth-order valence-electron chi connectivity index (χ4n) is 3.37. The molecule has 4 nitrogen and oxygen atoms in total. The molecule has 2 aromatic carbocycles. The van der Waals surface area contributed by atoms with E-state index in [9.17, 15) is 9.59 Å². The van der Waals surface area contributed by atoms with Crippen molar-refractivity contribution in [2.45, 2.75) is 32.2 Å². The van der Waals surface area contributed by atoms with Gasteiger partial charge in [-0.05, 0) is 36.2 Å². The molecule has 1 saturated heterocycles. The number of amides is 1. The van der Waals surface area contributed by atoms with Crippen molar-refractivity contribution in [3.63, 3.8) is 0 Å². The number of anilines is 1. The number of ketones is 1. The van der Waals surface area contributed by atoms with Crippen LogP contribution >= 0.6 is 0 Å². The Bertz CT molecular complexity index is 739. The first kappa shape index (κ1) is 17.2. The first-order valence-corrected chi connectivity index (χ1v) is 8.73. The molecule has 1 aliphatic heterocycles. The molecule has 1 aliphatic rings. The van der Waals surface area contributed by atoms with E-state index >= 15 is 0 Å². The number of para-hydroxylation sites is 1. The quantitative estimate of drug-likeness (QED) is 0.744. The molecule has 0 radical (unpaired) electrons. The largest absolute Gasteiger partial charge is 0.497 e. The summed E-state index contributed by atoms with van der Waals surface area (Å²) in [5.41, 5.74) is 1.59. The van der Waals surface area contributed by atoms with Crippen molar-refractivity contribution in [1.82, 2.24) is 0 Å². The monoisotopic (exact) mass is 337 g/mol. The molecule has 3 rings (SSSR count). The molecule has 0 aliphatic carbocycles. The van der Waals surface area contributed by atoms with Gasteiger partial charge in [-0.25, -0.2) is 0 Å². The third kappa shape index (κ3) is 3.29. The van der Waals surface area contributed by atoms with Crippen LogP contribution in [0.3, 0.4) is 0 Å². The van der Waals surface area contributed by atoms with Crippen LogP contribution < -0.4 is 9.64 Å². The van der Waals surface area contributed by atoms with Crippen molar-refractivity contribution in [3.05, 3.63) is 60.2 Å². The Morgan fingerprint density at radius 2 is 1.68 bits per heavy atom. The molecule has 2 aromatic rings. The summed E-state index contributed by atoms with van der Waals surface area (Å²) < 4.78 is 5.20. The van der Waals surface area contributed by atoms with Crippen LogP contribution in [0.4, 0.5) is 5.69 Å². The van der Waals surface area contributed by atoms with Gasteiger partial charge >= 0.3 is 0 Å². The average molecular weight is 337 g/mol. The summed E-state index contributed by atoms with van der Waals surface area (Å²) in [6.07, 6.45) is 2.46. The minimum Gasteiger partial charge on any atom is -0.497 e. The lowest BCUT2D eigenvalue weighted by molar-refractivity contribution is -0.127. The van der Waals surface area contributed by atoms with Crippen LogP contribution in [0, 0.1) is 5.92 Å². The molecule has 2 unspecified atom stereocenters. The van der Waals surface area contributed by atoms with Gasteiger partial charge < -0.3 is 4.74 Å². The van der Waals surface area contributed by atoms with Crippen molar-refractivity contribution < 1.29 is 14.3 Å². The molecule has 25 heavy (non-hydrogen) atoms. The fourth-order valence-corrected chi connectivity index (χ4v) is 3.37. The molecule has 0 aromatic heterocycles. The lowest BCUT2D eigenvalue weighted by Crippen LogP contribution is -2.29. The van der Waals surface area contributed by atoms with E-state index < -0.39 is 12.0 Å². The normalized spacial score (nSPS) is 20.2. The number of rotatable bonds is 6. The highest BCUT2D eigenvalue weighted by atomic mass is 16.5. The molecule has 1 fully saturated rings. The van der Waals surface area contributed by atoms with Crippen LogP contribution in [-0.2, 0) is 9.59 Å². The van der Waals surface area contributed by atoms with Gasteiger partial charge in [-0.1, -0.05) is 50.1 Å². The van der Waals surface area contributed by atoms with Gasteiger partial charge in [-0.3, -0.25) is 14.5 Å². The van der Waals surface area contributed by atoms with E-state index in [1.807, 2.05) is 54.6 Å². The van der Waals surface area contributed by atoms with Gasteiger partial charge in [0.1, 0.15) is 11.8 Å². The first-order chi connectivity index (χ1) is 12.2. The van der Waals surface area contributed by atoms with Crippen LogP contribution in [0.25, 0.3) is 0 Å². The number of carbonyl (C=O) groups excluding carboxylic acids is 2. The molecule has 0 N–H and O–H groups in total. The number of benzene rings is 2. The molecular formula is C21H23NO3. The molecule has 2 atom stereocenters. The second kappa shape index (κ2) is 7.51. The van der Waals surface area contributed by atoms with Crippen molar-refractivity contribution in [3.8, 4) is 5.75 Å². The Labute approximate surface area is 148 Å². The highest BCUT2D eigenvalue weighted by Gasteiger charge is 2.47. The van der Waals surface area contributed by atoms with Crippen LogP contribution in [0.15, 0.2) is 54.6 Å².